The third-order valence-electron chi connectivity index (χ3n) is 2.62. The summed E-state index contributed by atoms with van der Waals surface area (Å²) in [4.78, 5) is 11.8. The number of para-hydroxylation sites is 1. The van der Waals surface area contributed by atoms with E-state index in [9.17, 15) is 4.79 Å². The first-order valence-electron chi connectivity index (χ1n) is 5.28. The molecule has 1 heterocycles. The Hall–Kier alpha value is -1.65. The molecule has 0 aliphatic heterocycles. The van der Waals surface area contributed by atoms with Crippen molar-refractivity contribution in [2.24, 2.45) is 5.73 Å². The highest BCUT2D eigenvalue weighted by Gasteiger charge is 2.09. The minimum Gasteiger partial charge on any atom is -0.389 e. The third-order valence-corrected chi connectivity index (χ3v) is 3.16. The number of pyridine rings is 1. The molecule has 92 valence electrons. The fraction of sp³-hybridized carbons (Fsp3) is 0.0769. The van der Waals surface area contributed by atoms with Crippen molar-refractivity contribution in [1.82, 2.24) is 4.57 Å². The molecule has 1 aromatic heterocycles. The number of benzene rings is 1. The Morgan fingerprint density at radius 1 is 1.39 bits per heavy atom. The summed E-state index contributed by atoms with van der Waals surface area (Å²) in [5.41, 5.74) is 7.23. The van der Waals surface area contributed by atoms with Gasteiger partial charge in [0, 0.05) is 18.0 Å². The Balaban J connectivity index is 2.73. The molecule has 0 amide bonds. The molecule has 0 unspecified atom stereocenters. The van der Waals surface area contributed by atoms with E-state index < -0.39 is 0 Å². The van der Waals surface area contributed by atoms with Gasteiger partial charge in [0.25, 0.3) is 0 Å². The lowest BCUT2D eigenvalue weighted by Gasteiger charge is -2.13. The van der Waals surface area contributed by atoms with Crippen LogP contribution in [0.4, 0.5) is 0 Å². The van der Waals surface area contributed by atoms with E-state index in [1.807, 2.05) is 25.1 Å². The van der Waals surface area contributed by atoms with Crippen LogP contribution in [0, 0.1) is 6.92 Å². The molecule has 0 saturated carbocycles. The molecule has 0 aliphatic rings. The van der Waals surface area contributed by atoms with E-state index in [2.05, 4.69) is 0 Å². The van der Waals surface area contributed by atoms with E-state index in [1.165, 1.54) is 6.07 Å². The van der Waals surface area contributed by atoms with Gasteiger partial charge < -0.3 is 10.3 Å². The molecule has 0 bridgehead atoms. The van der Waals surface area contributed by atoms with Crippen LogP contribution in [0.2, 0.25) is 5.02 Å². The van der Waals surface area contributed by atoms with Crippen LogP contribution in [0.25, 0.3) is 5.69 Å². The highest BCUT2D eigenvalue weighted by molar-refractivity contribution is 7.80. The van der Waals surface area contributed by atoms with Crippen molar-refractivity contribution in [3.63, 3.8) is 0 Å². The summed E-state index contributed by atoms with van der Waals surface area (Å²) in [7, 11) is 0. The molecule has 0 spiro atoms. The first kappa shape index (κ1) is 12.8. The van der Waals surface area contributed by atoms with Crippen molar-refractivity contribution < 1.29 is 0 Å². The Kier molecular flexibility index (Phi) is 3.50. The van der Waals surface area contributed by atoms with Gasteiger partial charge in [-0.05, 0) is 19.1 Å². The number of nitrogens with zero attached hydrogens (tertiary/aromatic N) is 1. The van der Waals surface area contributed by atoms with Crippen LogP contribution in [0.15, 0.2) is 41.3 Å². The predicted molar refractivity (Wildman–Crippen MR) is 77.7 cm³/mol. The van der Waals surface area contributed by atoms with E-state index in [0.717, 1.165) is 11.4 Å². The molecule has 0 atom stereocenters. The maximum atomic E-state index is 11.7. The van der Waals surface area contributed by atoms with Gasteiger partial charge in [0.2, 0.25) is 0 Å². The van der Waals surface area contributed by atoms with Gasteiger partial charge in [-0.2, -0.15) is 0 Å². The molecule has 0 fully saturated rings. The molecule has 2 N–H and O–H groups in total. The quantitative estimate of drug-likeness (QED) is 0.859. The second-order valence-electron chi connectivity index (χ2n) is 3.88. The first-order chi connectivity index (χ1) is 8.50. The van der Waals surface area contributed by atoms with Crippen LogP contribution in [0.1, 0.15) is 11.3 Å². The van der Waals surface area contributed by atoms with Crippen LogP contribution in [-0.4, -0.2) is 9.56 Å². The molecule has 0 aliphatic carbocycles. The largest absolute Gasteiger partial charge is 0.389 e. The number of halogens is 1. The molecule has 0 saturated heterocycles. The normalized spacial score (nSPS) is 10.3. The maximum Gasteiger partial charge on any atom is 0.192 e. The van der Waals surface area contributed by atoms with E-state index in [0.29, 0.717) is 10.6 Å². The molecule has 1 aromatic carbocycles. The lowest BCUT2D eigenvalue weighted by Crippen LogP contribution is -2.23. The number of thiocarbonyl (C=S) groups is 1. The minimum absolute atomic E-state index is 0.0841. The van der Waals surface area contributed by atoms with Crippen molar-refractivity contribution in [2.45, 2.75) is 6.92 Å². The van der Waals surface area contributed by atoms with Gasteiger partial charge in [0.15, 0.2) is 5.43 Å². The van der Waals surface area contributed by atoms with E-state index in [4.69, 9.17) is 29.6 Å². The molecule has 5 heteroatoms. The number of hydrogen-bond acceptors (Lipinski definition) is 2. The SMILES string of the molecule is Cc1cc(=O)c(C(N)=S)cn1-c1ccccc1Cl. The topological polar surface area (TPSA) is 48.0 Å². The lowest BCUT2D eigenvalue weighted by atomic mass is 10.2. The van der Waals surface area contributed by atoms with Gasteiger partial charge in [-0.25, -0.2) is 0 Å². The van der Waals surface area contributed by atoms with Crippen molar-refractivity contribution in [1.29, 1.82) is 0 Å². The van der Waals surface area contributed by atoms with Gasteiger partial charge >= 0.3 is 0 Å². The summed E-state index contributed by atoms with van der Waals surface area (Å²) in [5, 5.41) is 0.595. The zero-order valence-electron chi connectivity index (χ0n) is 9.68. The molecule has 2 aromatic rings. The zero-order chi connectivity index (χ0) is 13.3. The summed E-state index contributed by atoms with van der Waals surface area (Å²) in [5.74, 6) is 0. The fourth-order valence-corrected chi connectivity index (χ4v) is 2.10. The maximum absolute atomic E-state index is 11.7. The lowest BCUT2D eigenvalue weighted by molar-refractivity contribution is 0.970. The molecular weight excluding hydrogens is 268 g/mol. The molecule has 3 nitrogen and oxygen atoms in total. The first-order valence-corrected chi connectivity index (χ1v) is 6.07. The number of nitrogens with two attached hydrogens (primary N) is 1. The Bertz CT molecular complexity index is 679. The number of aromatic nitrogens is 1. The Morgan fingerprint density at radius 3 is 2.67 bits per heavy atom. The monoisotopic (exact) mass is 278 g/mol. The van der Waals surface area contributed by atoms with E-state index >= 15 is 0 Å². The summed E-state index contributed by atoms with van der Waals surface area (Å²) in [6.45, 7) is 1.83. The number of aryl methyl sites for hydroxylation is 1. The van der Waals surface area contributed by atoms with Crippen molar-refractivity contribution in [3.8, 4) is 5.69 Å². The van der Waals surface area contributed by atoms with E-state index in [1.54, 1.807) is 16.8 Å². The van der Waals surface area contributed by atoms with Crippen LogP contribution in [-0.2, 0) is 0 Å². The number of hydrogen-bond donors (Lipinski definition) is 1. The summed E-state index contributed by atoms with van der Waals surface area (Å²) in [6, 6.07) is 8.87. The average molecular weight is 279 g/mol. The minimum atomic E-state index is -0.177. The van der Waals surface area contributed by atoms with Crippen LogP contribution >= 0.6 is 23.8 Å². The molecule has 0 radical (unpaired) electrons. The zero-order valence-corrected chi connectivity index (χ0v) is 11.3. The standard InChI is InChI=1S/C13H11ClN2OS/c1-8-6-12(17)9(13(15)18)7-16(8)11-5-3-2-4-10(11)14/h2-7H,1H3,(H2,15,18). The van der Waals surface area contributed by atoms with Crippen molar-refractivity contribution >= 4 is 28.8 Å². The van der Waals surface area contributed by atoms with E-state index in [-0.39, 0.29) is 10.4 Å². The molecule has 18 heavy (non-hydrogen) atoms. The van der Waals surface area contributed by atoms with Gasteiger partial charge in [0.05, 0.1) is 16.3 Å². The van der Waals surface area contributed by atoms with Gasteiger partial charge in [-0.15, -0.1) is 0 Å². The molecule has 2 rings (SSSR count). The predicted octanol–water partition coefficient (Wildman–Crippen LogP) is 2.43. The van der Waals surface area contributed by atoms with Gasteiger partial charge in [-0.1, -0.05) is 36.0 Å². The Morgan fingerprint density at radius 2 is 2.06 bits per heavy atom. The smallest absolute Gasteiger partial charge is 0.192 e. The van der Waals surface area contributed by atoms with Crippen molar-refractivity contribution in [3.05, 3.63) is 63.0 Å². The van der Waals surface area contributed by atoms with Gasteiger partial charge in [0.1, 0.15) is 4.99 Å². The summed E-state index contributed by atoms with van der Waals surface area (Å²) in [6.07, 6.45) is 1.63. The summed E-state index contributed by atoms with van der Waals surface area (Å²) >= 11 is 11.0. The van der Waals surface area contributed by atoms with Crippen LogP contribution in [0.3, 0.4) is 0 Å². The van der Waals surface area contributed by atoms with Gasteiger partial charge in [-0.3, -0.25) is 4.79 Å². The highest BCUT2D eigenvalue weighted by Crippen LogP contribution is 2.20. The van der Waals surface area contributed by atoms with Crippen LogP contribution < -0.4 is 11.2 Å². The average Bonchev–Trinajstić information content (AvgIpc) is 2.30. The van der Waals surface area contributed by atoms with Crippen molar-refractivity contribution in [2.75, 3.05) is 0 Å². The second-order valence-corrected chi connectivity index (χ2v) is 4.73. The highest BCUT2D eigenvalue weighted by atomic mass is 35.5. The fourth-order valence-electron chi connectivity index (χ4n) is 1.72. The summed E-state index contributed by atoms with van der Waals surface area (Å²) < 4.78 is 1.80. The number of rotatable bonds is 2. The van der Waals surface area contributed by atoms with Crippen LogP contribution in [0.5, 0.6) is 0 Å². The Labute approximate surface area is 115 Å². The third kappa shape index (κ3) is 2.30. The molecular formula is C13H11ClN2OS. The second kappa shape index (κ2) is 4.92.